The minimum absolute atomic E-state index is 0.0613. The summed E-state index contributed by atoms with van der Waals surface area (Å²) in [5.74, 6) is 0. The molecule has 0 aromatic heterocycles. The number of nitrogen functional groups attached to an aromatic ring is 1. The van der Waals surface area contributed by atoms with E-state index in [9.17, 15) is 8.42 Å². The van der Waals surface area contributed by atoms with E-state index in [1.54, 1.807) is 13.0 Å². The first-order chi connectivity index (χ1) is 9.19. The van der Waals surface area contributed by atoms with Crippen molar-refractivity contribution in [2.24, 2.45) is 5.14 Å². The second-order valence-electron chi connectivity index (χ2n) is 5.20. The van der Waals surface area contributed by atoms with Crippen LogP contribution in [-0.4, -0.2) is 14.0 Å². The van der Waals surface area contributed by atoms with E-state index in [0.717, 1.165) is 24.9 Å². The van der Waals surface area contributed by atoms with Gasteiger partial charge in [-0.05, 0) is 43.9 Å². The number of rotatable bonds is 6. The fourth-order valence-corrected chi connectivity index (χ4v) is 3.27. The molecule has 0 unspecified atom stereocenters. The summed E-state index contributed by atoms with van der Waals surface area (Å²) in [6.45, 7) is 8.08. The van der Waals surface area contributed by atoms with Gasteiger partial charge < -0.3 is 11.1 Å². The number of primary sulfonamides is 1. The van der Waals surface area contributed by atoms with Crippen LogP contribution < -0.4 is 16.2 Å². The molecule has 6 heteroatoms. The zero-order valence-electron chi connectivity index (χ0n) is 12.7. The molecule has 0 heterocycles. The number of hydrogen-bond donors (Lipinski definition) is 3. The summed E-state index contributed by atoms with van der Waals surface area (Å²) in [5.41, 5.74) is 7.48. The van der Waals surface area contributed by atoms with E-state index in [1.165, 1.54) is 6.07 Å². The van der Waals surface area contributed by atoms with E-state index in [1.807, 2.05) is 0 Å². The van der Waals surface area contributed by atoms with E-state index in [0.29, 0.717) is 11.3 Å². The topological polar surface area (TPSA) is 98.2 Å². The van der Waals surface area contributed by atoms with Crippen molar-refractivity contribution in [1.29, 1.82) is 0 Å². The van der Waals surface area contributed by atoms with Gasteiger partial charge in [0.2, 0.25) is 10.0 Å². The lowest BCUT2D eigenvalue weighted by Gasteiger charge is -2.34. The first-order valence-corrected chi connectivity index (χ1v) is 8.44. The van der Waals surface area contributed by atoms with Crippen molar-refractivity contribution in [2.75, 3.05) is 11.1 Å². The average molecular weight is 299 g/mol. The lowest BCUT2D eigenvalue weighted by molar-refractivity contribution is 0.420. The maximum absolute atomic E-state index is 11.6. The van der Waals surface area contributed by atoms with Crippen LogP contribution >= 0.6 is 0 Å². The van der Waals surface area contributed by atoms with Crippen molar-refractivity contribution in [2.45, 2.75) is 57.4 Å². The molecule has 0 saturated carbocycles. The Bertz CT molecular complexity index is 570. The predicted molar refractivity (Wildman–Crippen MR) is 84.2 cm³/mol. The summed E-state index contributed by atoms with van der Waals surface area (Å²) in [6.07, 6.45) is 2.83. The predicted octanol–water partition coefficient (Wildman–Crippen LogP) is 2.61. The largest absolute Gasteiger partial charge is 0.399 e. The molecule has 0 aliphatic carbocycles. The van der Waals surface area contributed by atoms with Crippen molar-refractivity contribution in [1.82, 2.24) is 0 Å². The maximum Gasteiger partial charge on any atom is 0.238 e. The third kappa shape index (κ3) is 3.43. The van der Waals surface area contributed by atoms with Crippen LogP contribution in [0.2, 0.25) is 0 Å². The number of anilines is 2. The van der Waals surface area contributed by atoms with Gasteiger partial charge >= 0.3 is 0 Å². The molecule has 1 aromatic rings. The first-order valence-electron chi connectivity index (χ1n) is 6.90. The quantitative estimate of drug-likeness (QED) is 0.703. The van der Waals surface area contributed by atoms with Gasteiger partial charge in [0, 0.05) is 16.9 Å². The van der Waals surface area contributed by atoms with Crippen LogP contribution in [0.15, 0.2) is 17.0 Å². The molecular formula is C14H25N3O2S. The van der Waals surface area contributed by atoms with E-state index >= 15 is 0 Å². The molecule has 0 spiro atoms. The SMILES string of the molecule is CCC(CC)(CC)Nc1cc(N)cc(S(N)(=O)=O)c1C. The number of nitrogens with one attached hydrogen (secondary N) is 1. The summed E-state index contributed by atoms with van der Waals surface area (Å²) in [6, 6.07) is 3.17. The van der Waals surface area contributed by atoms with Crippen LogP contribution in [0.5, 0.6) is 0 Å². The van der Waals surface area contributed by atoms with Gasteiger partial charge in [-0.2, -0.15) is 0 Å². The lowest BCUT2D eigenvalue weighted by Crippen LogP contribution is -2.36. The summed E-state index contributed by atoms with van der Waals surface area (Å²) in [7, 11) is -3.77. The van der Waals surface area contributed by atoms with E-state index in [-0.39, 0.29) is 10.4 Å². The van der Waals surface area contributed by atoms with E-state index < -0.39 is 10.0 Å². The Balaban J connectivity index is 3.37. The number of nitrogens with two attached hydrogens (primary N) is 2. The van der Waals surface area contributed by atoms with E-state index in [2.05, 4.69) is 26.1 Å². The molecule has 20 heavy (non-hydrogen) atoms. The third-order valence-electron chi connectivity index (χ3n) is 4.12. The van der Waals surface area contributed by atoms with Gasteiger partial charge in [0.25, 0.3) is 0 Å². The smallest absolute Gasteiger partial charge is 0.238 e. The maximum atomic E-state index is 11.6. The summed E-state index contributed by atoms with van der Waals surface area (Å²) >= 11 is 0. The average Bonchev–Trinajstić information content (AvgIpc) is 2.38. The molecular weight excluding hydrogens is 274 g/mol. The molecule has 5 nitrogen and oxygen atoms in total. The molecule has 0 atom stereocenters. The molecule has 0 bridgehead atoms. The lowest BCUT2D eigenvalue weighted by atomic mass is 9.89. The molecule has 0 aliphatic rings. The molecule has 1 rings (SSSR count). The fourth-order valence-electron chi connectivity index (χ4n) is 2.44. The summed E-state index contributed by atoms with van der Waals surface area (Å²) < 4.78 is 23.3. The van der Waals surface area contributed by atoms with Gasteiger partial charge in [-0.1, -0.05) is 20.8 Å². The molecule has 0 radical (unpaired) electrons. The first kappa shape index (κ1) is 16.8. The monoisotopic (exact) mass is 299 g/mol. The number of benzene rings is 1. The zero-order valence-corrected chi connectivity index (χ0v) is 13.5. The van der Waals surface area contributed by atoms with Crippen LogP contribution in [-0.2, 0) is 10.0 Å². The molecule has 1 aromatic carbocycles. The highest BCUT2D eigenvalue weighted by Gasteiger charge is 2.25. The zero-order chi connectivity index (χ0) is 15.6. The van der Waals surface area contributed by atoms with Crippen LogP contribution in [0.3, 0.4) is 0 Å². The van der Waals surface area contributed by atoms with Gasteiger partial charge in [-0.3, -0.25) is 0 Å². The highest BCUT2D eigenvalue weighted by atomic mass is 32.2. The van der Waals surface area contributed by atoms with Crippen LogP contribution in [0.25, 0.3) is 0 Å². The molecule has 0 fully saturated rings. The van der Waals surface area contributed by atoms with Crippen molar-refractivity contribution < 1.29 is 8.42 Å². The van der Waals surface area contributed by atoms with Gasteiger partial charge in [-0.15, -0.1) is 0 Å². The molecule has 0 aliphatic heterocycles. The Kier molecular flexibility index (Phi) is 5.05. The fraction of sp³-hybridized carbons (Fsp3) is 0.571. The normalized spacial score (nSPS) is 12.4. The van der Waals surface area contributed by atoms with E-state index in [4.69, 9.17) is 10.9 Å². The number of hydrogen-bond acceptors (Lipinski definition) is 4. The summed E-state index contributed by atoms with van der Waals surface area (Å²) in [5, 5.41) is 8.71. The van der Waals surface area contributed by atoms with Crippen molar-refractivity contribution >= 4 is 21.4 Å². The molecule has 0 amide bonds. The highest BCUT2D eigenvalue weighted by molar-refractivity contribution is 7.89. The number of sulfonamides is 1. The Hall–Kier alpha value is -1.27. The Morgan fingerprint density at radius 3 is 2.05 bits per heavy atom. The second kappa shape index (κ2) is 6.01. The second-order valence-corrected chi connectivity index (χ2v) is 6.73. The molecule has 114 valence electrons. The van der Waals surface area contributed by atoms with Crippen molar-refractivity contribution in [3.05, 3.63) is 17.7 Å². The highest BCUT2D eigenvalue weighted by Crippen LogP contribution is 2.31. The van der Waals surface area contributed by atoms with Crippen molar-refractivity contribution in [3.8, 4) is 0 Å². The Morgan fingerprint density at radius 2 is 1.65 bits per heavy atom. The van der Waals surface area contributed by atoms with Crippen LogP contribution in [0, 0.1) is 6.92 Å². The standard InChI is InChI=1S/C14H25N3O2S/c1-5-14(6-2,7-3)17-12-8-11(15)9-13(10(12)4)20(16,18)19/h8-9,17H,5-7,15H2,1-4H3,(H2,16,18,19). The van der Waals surface area contributed by atoms with Crippen LogP contribution in [0.1, 0.15) is 45.6 Å². The summed E-state index contributed by atoms with van der Waals surface area (Å²) in [4.78, 5) is 0.0807. The van der Waals surface area contributed by atoms with Gasteiger partial charge in [0.05, 0.1) is 4.90 Å². The van der Waals surface area contributed by atoms with Crippen molar-refractivity contribution in [3.63, 3.8) is 0 Å². The van der Waals surface area contributed by atoms with Gasteiger partial charge in [-0.25, -0.2) is 13.6 Å². The third-order valence-corrected chi connectivity index (χ3v) is 5.16. The Labute approximate surface area is 121 Å². The minimum atomic E-state index is -3.77. The molecule has 5 N–H and O–H groups in total. The van der Waals surface area contributed by atoms with Crippen LogP contribution in [0.4, 0.5) is 11.4 Å². The molecule has 0 saturated heterocycles. The van der Waals surface area contributed by atoms with Gasteiger partial charge in [0.15, 0.2) is 0 Å². The van der Waals surface area contributed by atoms with Gasteiger partial charge in [0.1, 0.15) is 0 Å². The minimum Gasteiger partial charge on any atom is -0.399 e. The Morgan fingerprint density at radius 1 is 1.15 bits per heavy atom.